The van der Waals surface area contributed by atoms with Crippen molar-refractivity contribution in [1.29, 1.82) is 0 Å². The van der Waals surface area contributed by atoms with E-state index in [1.54, 1.807) is 43.3 Å². The lowest BCUT2D eigenvalue weighted by molar-refractivity contribution is -0.145. The Labute approximate surface area is 234 Å². The highest BCUT2D eigenvalue weighted by molar-refractivity contribution is 6.07. The SMILES string of the molecule is CCOC(=O)/C=C/[C@H](CCC(=O)OCc1ccccc1)N(Cc1ccccc1)C(=O)/C=C/C(=O)c1ccccc1. The van der Waals surface area contributed by atoms with Crippen molar-refractivity contribution in [1.82, 2.24) is 4.90 Å². The Morgan fingerprint density at radius 3 is 1.98 bits per heavy atom. The van der Waals surface area contributed by atoms with Crippen LogP contribution < -0.4 is 0 Å². The molecule has 0 aromatic heterocycles. The van der Waals surface area contributed by atoms with Gasteiger partial charge in [-0.05, 0) is 30.5 Å². The van der Waals surface area contributed by atoms with E-state index in [0.717, 1.165) is 11.1 Å². The van der Waals surface area contributed by atoms with Gasteiger partial charge in [-0.2, -0.15) is 0 Å². The molecule has 1 amide bonds. The van der Waals surface area contributed by atoms with Crippen LogP contribution in [-0.2, 0) is 37.0 Å². The van der Waals surface area contributed by atoms with Gasteiger partial charge in [0.1, 0.15) is 6.61 Å². The summed E-state index contributed by atoms with van der Waals surface area (Å²) in [6, 6.07) is 26.7. The standard InChI is InChI=1S/C33H33NO6/c1-2-39-32(37)22-18-29(19-23-33(38)40-25-27-14-8-4-9-15-27)34(24-26-12-6-3-7-13-26)31(36)21-20-30(35)28-16-10-5-11-17-28/h3-18,20-22,29H,2,19,23-25H2,1H3/b21-20+,22-18+/t29-/m1/s1. The van der Waals surface area contributed by atoms with Crippen LogP contribution in [0.25, 0.3) is 0 Å². The van der Waals surface area contributed by atoms with Gasteiger partial charge in [0.25, 0.3) is 0 Å². The predicted octanol–water partition coefficient (Wildman–Crippen LogP) is 5.47. The third-order valence-electron chi connectivity index (χ3n) is 5.94. The summed E-state index contributed by atoms with van der Waals surface area (Å²) in [6.45, 7) is 2.24. The van der Waals surface area contributed by atoms with Gasteiger partial charge in [0, 0.05) is 30.7 Å². The second-order valence-corrected chi connectivity index (χ2v) is 8.88. The largest absolute Gasteiger partial charge is 0.463 e. The number of nitrogens with zero attached hydrogens (tertiary/aromatic N) is 1. The van der Waals surface area contributed by atoms with E-state index in [2.05, 4.69) is 0 Å². The number of amides is 1. The van der Waals surface area contributed by atoms with Crippen molar-refractivity contribution in [2.75, 3.05) is 6.61 Å². The Bertz CT molecular complexity index is 1300. The number of ketones is 1. The molecule has 0 spiro atoms. The minimum absolute atomic E-state index is 0.00982. The highest BCUT2D eigenvalue weighted by atomic mass is 16.5. The Balaban J connectivity index is 1.80. The molecular weight excluding hydrogens is 506 g/mol. The van der Waals surface area contributed by atoms with Crippen LogP contribution in [0.1, 0.15) is 41.3 Å². The number of benzene rings is 3. The van der Waals surface area contributed by atoms with Gasteiger partial charge in [0.2, 0.25) is 5.91 Å². The first-order valence-corrected chi connectivity index (χ1v) is 13.1. The zero-order chi connectivity index (χ0) is 28.6. The highest BCUT2D eigenvalue weighted by Crippen LogP contribution is 2.17. The lowest BCUT2D eigenvalue weighted by Crippen LogP contribution is -2.38. The predicted molar refractivity (Wildman–Crippen MR) is 152 cm³/mol. The molecule has 3 aromatic rings. The molecule has 3 rings (SSSR count). The number of esters is 2. The molecule has 7 nitrogen and oxygen atoms in total. The maximum absolute atomic E-state index is 13.5. The van der Waals surface area contributed by atoms with Gasteiger partial charge in [-0.15, -0.1) is 0 Å². The molecule has 3 aromatic carbocycles. The van der Waals surface area contributed by atoms with Gasteiger partial charge in [0.05, 0.1) is 12.6 Å². The van der Waals surface area contributed by atoms with E-state index in [9.17, 15) is 19.2 Å². The van der Waals surface area contributed by atoms with E-state index < -0.39 is 23.9 Å². The Morgan fingerprint density at radius 1 is 0.750 bits per heavy atom. The van der Waals surface area contributed by atoms with Crippen LogP contribution >= 0.6 is 0 Å². The molecule has 0 radical (unpaired) electrons. The highest BCUT2D eigenvalue weighted by Gasteiger charge is 2.23. The molecule has 0 bridgehead atoms. The fourth-order valence-corrected chi connectivity index (χ4v) is 3.89. The molecular formula is C33H33NO6. The first kappa shape index (κ1) is 29.8. The summed E-state index contributed by atoms with van der Waals surface area (Å²) < 4.78 is 10.4. The third kappa shape index (κ3) is 10.2. The first-order chi connectivity index (χ1) is 19.5. The average molecular weight is 540 g/mol. The van der Waals surface area contributed by atoms with Crippen LogP contribution in [0.3, 0.4) is 0 Å². The first-order valence-electron chi connectivity index (χ1n) is 13.1. The molecule has 0 aliphatic heterocycles. The smallest absolute Gasteiger partial charge is 0.330 e. The monoisotopic (exact) mass is 539 g/mol. The minimum atomic E-state index is -0.655. The number of rotatable bonds is 14. The van der Waals surface area contributed by atoms with Gasteiger partial charge in [-0.1, -0.05) is 97.1 Å². The summed E-state index contributed by atoms with van der Waals surface area (Å²) >= 11 is 0. The lowest BCUT2D eigenvalue weighted by atomic mass is 10.1. The van der Waals surface area contributed by atoms with Gasteiger partial charge >= 0.3 is 11.9 Å². The van der Waals surface area contributed by atoms with Gasteiger partial charge < -0.3 is 14.4 Å². The summed E-state index contributed by atoms with van der Waals surface area (Å²) in [5.74, 6) is -1.73. The van der Waals surface area contributed by atoms with Crippen molar-refractivity contribution in [2.45, 2.75) is 39.0 Å². The molecule has 0 aliphatic carbocycles. The maximum atomic E-state index is 13.5. The molecule has 0 fully saturated rings. The summed E-state index contributed by atoms with van der Waals surface area (Å²) in [4.78, 5) is 52.3. The maximum Gasteiger partial charge on any atom is 0.330 e. The number of carbonyl (C=O) groups excluding carboxylic acids is 4. The topological polar surface area (TPSA) is 90.0 Å². The fraction of sp³-hybridized carbons (Fsp3) is 0.212. The molecule has 0 saturated heterocycles. The molecule has 40 heavy (non-hydrogen) atoms. The van der Waals surface area contributed by atoms with Gasteiger partial charge in [0.15, 0.2) is 5.78 Å². The van der Waals surface area contributed by atoms with Crippen molar-refractivity contribution < 1.29 is 28.7 Å². The molecule has 0 unspecified atom stereocenters. The van der Waals surface area contributed by atoms with Gasteiger partial charge in [-0.25, -0.2) is 4.79 Å². The van der Waals surface area contributed by atoms with E-state index in [1.807, 2.05) is 60.7 Å². The molecule has 1 atom stereocenters. The van der Waals surface area contributed by atoms with Crippen molar-refractivity contribution in [3.63, 3.8) is 0 Å². The molecule has 0 aliphatic rings. The van der Waals surface area contributed by atoms with Crippen LogP contribution in [0.2, 0.25) is 0 Å². The summed E-state index contributed by atoms with van der Waals surface area (Å²) in [7, 11) is 0. The number of carbonyl (C=O) groups is 4. The van der Waals surface area contributed by atoms with E-state index in [0.29, 0.717) is 5.56 Å². The molecule has 0 N–H and O–H groups in total. The van der Waals surface area contributed by atoms with E-state index >= 15 is 0 Å². The Kier molecular flexibility index (Phi) is 12.1. The molecule has 0 heterocycles. The van der Waals surface area contributed by atoms with Crippen molar-refractivity contribution >= 4 is 23.6 Å². The molecule has 206 valence electrons. The fourth-order valence-electron chi connectivity index (χ4n) is 3.89. The number of hydrogen-bond acceptors (Lipinski definition) is 6. The van der Waals surface area contributed by atoms with Crippen LogP contribution in [0.5, 0.6) is 0 Å². The van der Waals surface area contributed by atoms with Crippen LogP contribution in [-0.4, -0.2) is 41.2 Å². The van der Waals surface area contributed by atoms with Gasteiger partial charge in [-0.3, -0.25) is 14.4 Å². The summed E-state index contributed by atoms with van der Waals surface area (Å²) in [6.07, 6.45) is 5.47. The number of hydrogen-bond donors (Lipinski definition) is 0. The second kappa shape index (κ2) is 16.2. The molecule has 7 heteroatoms. The van der Waals surface area contributed by atoms with Crippen molar-refractivity contribution in [2.24, 2.45) is 0 Å². The Morgan fingerprint density at radius 2 is 1.35 bits per heavy atom. The van der Waals surface area contributed by atoms with E-state index in [4.69, 9.17) is 9.47 Å². The van der Waals surface area contributed by atoms with Crippen molar-refractivity contribution in [3.05, 3.63) is 132 Å². The van der Waals surface area contributed by atoms with E-state index in [-0.39, 0.29) is 38.4 Å². The third-order valence-corrected chi connectivity index (χ3v) is 5.94. The lowest BCUT2D eigenvalue weighted by Gasteiger charge is -2.29. The van der Waals surface area contributed by atoms with Crippen LogP contribution in [0.15, 0.2) is 115 Å². The average Bonchev–Trinajstić information content (AvgIpc) is 2.99. The number of ether oxygens (including phenoxy) is 2. The Hall–Kier alpha value is -4.78. The minimum Gasteiger partial charge on any atom is -0.463 e. The van der Waals surface area contributed by atoms with Crippen LogP contribution in [0, 0.1) is 0 Å². The summed E-state index contributed by atoms with van der Waals surface area (Å²) in [5, 5.41) is 0. The number of allylic oxidation sites excluding steroid dienone is 1. The second-order valence-electron chi connectivity index (χ2n) is 8.88. The molecule has 0 saturated carbocycles. The van der Waals surface area contributed by atoms with E-state index in [1.165, 1.54) is 23.1 Å². The summed E-state index contributed by atoms with van der Waals surface area (Å²) in [5.41, 5.74) is 2.17. The quantitative estimate of drug-likeness (QED) is 0.153. The van der Waals surface area contributed by atoms with Crippen LogP contribution in [0.4, 0.5) is 0 Å². The van der Waals surface area contributed by atoms with Crippen molar-refractivity contribution in [3.8, 4) is 0 Å². The zero-order valence-corrected chi connectivity index (χ0v) is 22.5. The normalized spacial score (nSPS) is 11.7. The zero-order valence-electron chi connectivity index (χ0n) is 22.5.